The number of anilines is 2. The van der Waals surface area contributed by atoms with Crippen LogP contribution in [0.5, 0.6) is 5.75 Å². The standard InChI is InChI=1S/C61H73N5O16S4/c1-60(2)50-42-46(63(34-11-39-83(70,71)72)35-12-40-84(73,74)75)22-28-51(50)64(37-13-41-85(76,77)78)53(60)29-20-44-15-10-16-45(59(44)82-47-23-25-48(26-24-47)86(79,80)81)21-30-54-61(3,4)58-49-17-8-7-14-43(49)19-27-52(58)65(54)36-9-5-6-18-55(67)62-33-38-66-56(68)31-32-57(66)69/h7-8,14,17,19-32,42H,5-6,9-13,15-16,18,33-41H2,1-4H3,(H4-,62,67,70,71,72,73,74,75,76,77,78,79,80,81)/p+1. The maximum Gasteiger partial charge on any atom is 0.294 e. The summed E-state index contributed by atoms with van der Waals surface area (Å²) >= 11 is 0. The van der Waals surface area contributed by atoms with Crippen molar-refractivity contribution in [3.63, 3.8) is 0 Å². The van der Waals surface area contributed by atoms with Gasteiger partial charge in [0, 0.05) is 97.9 Å². The fraction of sp³-hybridized carbons (Fsp3) is 0.410. The van der Waals surface area contributed by atoms with Crippen LogP contribution < -0.4 is 19.9 Å². The molecular formula is C61H74N5O16S4+. The molecule has 0 bridgehead atoms. The average molecular weight is 1260 g/mol. The Morgan fingerprint density at radius 3 is 2.00 bits per heavy atom. The molecule has 25 heteroatoms. The van der Waals surface area contributed by atoms with E-state index in [-0.39, 0.29) is 69.2 Å². The lowest BCUT2D eigenvalue weighted by molar-refractivity contribution is -0.437. The molecule has 4 aliphatic rings. The summed E-state index contributed by atoms with van der Waals surface area (Å²) in [6.45, 7) is 9.62. The highest BCUT2D eigenvalue weighted by Crippen LogP contribution is 2.51. The number of unbranched alkanes of at least 4 members (excludes halogenated alkanes) is 2. The molecule has 0 radical (unpaired) electrons. The third-order valence-corrected chi connectivity index (χ3v) is 19.3. The van der Waals surface area contributed by atoms with Gasteiger partial charge in [-0.15, -0.1) is 0 Å². The van der Waals surface area contributed by atoms with Crippen molar-refractivity contribution in [1.82, 2.24) is 10.2 Å². The molecule has 0 saturated carbocycles. The Labute approximate surface area is 503 Å². The van der Waals surface area contributed by atoms with E-state index in [2.05, 4.69) is 60.5 Å². The van der Waals surface area contributed by atoms with E-state index in [1.165, 1.54) is 36.4 Å². The van der Waals surface area contributed by atoms with Gasteiger partial charge in [-0.25, -0.2) is 0 Å². The summed E-state index contributed by atoms with van der Waals surface area (Å²) < 4.78 is 143. The van der Waals surface area contributed by atoms with Gasteiger partial charge in [0.05, 0.1) is 27.6 Å². The van der Waals surface area contributed by atoms with Crippen molar-refractivity contribution in [2.45, 2.75) is 108 Å². The number of amides is 3. The SMILES string of the molecule is CC1(C)C(/C=C/C2=C(Oc3ccc(S(=O)(=O)O)cc3)C(=C/C=C3/N(CCCCCC(=O)NCCN4C(=O)C=CC4=O)c4ccc5ccccc5c4C3(C)C)/CCC2)=[N+](CCCS(=O)(=O)O)c2ccc(N(CCCS(=O)(=O)O)CCCS(=O)(=O)O)cc21. The fourth-order valence-corrected chi connectivity index (χ4v) is 13.8. The molecule has 462 valence electrons. The van der Waals surface area contributed by atoms with E-state index in [0.29, 0.717) is 55.1 Å². The number of carbonyl (C=O) groups is 3. The van der Waals surface area contributed by atoms with Crippen LogP contribution >= 0.6 is 0 Å². The van der Waals surface area contributed by atoms with E-state index in [4.69, 9.17) is 4.74 Å². The normalized spacial score (nSPS) is 17.9. The van der Waals surface area contributed by atoms with Crippen LogP contribution in [0, 0.1) is 0 Å². The number of carbonyl (C=O) groups excluding carboxylic acids is 3. The molecule has 0 atom stereocenters. The van der Waals surface area contributed by atoms with Gasteiger partial charge in [0.15, 0.2) is 5.71 Å². The highest BCUT2D eigenvalue weighted by atomic mass is 32.2. The summed E-state index contributed by atoms with van der Waals surface area (Å²) in [4.78, 5) is 41.6. The highest BCUT2D eigenvalue weighted by Gasteiger charge is 2.45. The predicted molar refractivity (Wildman–Crippen MR) is 329 cm³/mol. The molecule has 21 nitrogen and oxygen atoms in total. The molecule has 3 heterocycles. The molecular weight excluding hydrogens is 1190 g/mol. The highest BCUT2D eigenvalue weighted by molar-refractivity contribution is 7.86. The maximum atomic E-state index is 12.8. The lowest BCUT2D eigenvalue weighted by Crippen LogP contribution is -2.38. The summed E-state index contributed by atoms with van der Waals surface area (Å²) in [6.07, 6.45) is 14.7. The monoisotopic (exact) mass is 1260 g/mol. The first-order chi connectivity index (χ1) is 40.4. The zero-order chi connectivity index (χ0) is 62.4. The van der Waals surface area contributed by atoms with Crippen molar-refractivity contribution in [2.24, 2.45) is 0 Å². The largest absolute Gasteiger partial charge is 0.457 e. The van der Waals surface area contributed by atoms with Crippen LogP contribution in [-0.2, 0) is 65.7 Å². The van der Waals surface area contributed by atoms with Crippen LogP contribution in [0.2, 0.25) is 0 Å². The van der Waals surface area contributed by atoms with Gasteiger partial charge < -0.3 is 19.9 Å². The molecule has 1 aliphatic carbocycles. The van der Waals surface area contributed by atoms with E-state index >= 15 is 0 Å². The number of hydrogen-bond acceptors (Lipinski definition) is 14. The number of allylic oxidation sites excluding steroid dienone is 7. The van der Waals surface area contributed by atoms with E-state index in [1.807, 2.05) is 54.8 Å². The van der Waals surface area contributed by atoms with Gasteiger partial charge in [0.1, 0.15) is 18.1 Å². The van der Waals surface area contributed by atoms with E-state index in [0.717, 1.165) is 67.9 Å². The summed E-state index contributed by atoms with van der Waals surface area (Å²) in [5.41, 5.74) is 6.38. The average Bonchev–Trinajstić information content (AvgIpc) is 1.59. The summed E-state index contributed by atoms with van der Waals surface area (Å²) in [7, 11) is -17.5. The molecule has 0 unspecified atom stereocenters. The second-order valence-electron chi connectivity index (χ2n) is 22.9. The number of nitrogens with zero attached hydrogens (tertiary/aromatic N) is 4. The zero-order valence-corrected chi connectivity index (χ0v) is 51.8. The van der Waals surface area contributed by atoms with Crippen molar-refractivity contribution in [3.8, 4) is 5.75 Å². The number of rotatable bonds is 28. The quantitative estimate of drug-likeness (QED) is 0.0154. The Morgan fingerprint density at radius 2 is 1.35 bits per heavy atom. The molecule has 86 heavy (non-hydrogen) atoms. The van der Waals surface area contributed by atoms with Crippen LogP contribution in [0.15, 0.2) is 143 Å². The van der Waals surface area contributed by atoms with Crippen LogP contribution in [0.25, 0.3) is 10.8 Å². The molecule has 4 aromatic carbocycles. The van der Waals surface area contributed by atoms with Crippen molar-refractivity contribution >= 4 is 91.7 Å². The smallest absolute Gasteiger partial charge is 0.294 e. The minimum absolute atomic E-state index is 0.00640. The third-order valence-electron chi connectivity index (χ3n) is 16.0. The first-order valence-corrected chi connectivity index (χ1v) is 34.8. The first-order valence-electron chi connectivity index (χ1n) is 28.5. The molecule has 8 rings (SSSR count). The predicted octanol–water partition coefficient (Wildman–Crippen LogP) is 8.39. The third kappa shape index (κ3) is 16.2. The van der Waals surface area contributed by atoms with E-state index < -0.39 is 80.4 Å². The van der Waals surface area contributed by atoms with Gasteiger partial charge >= 0.3 is 0 Å². The van der Waals surface area contributed by atoms with Crippen LogP contribution in [0.1, 0.15) is 103 Å². The molecule has 5 N–H and O–H groups in total. The summed E-state index contributed by atoms with van der Waals surface area (Å²) in [6, 6.07) is 23.4. The lowest BCUT2D eigenvalue weighted by atomic mass is 9.80. The molecule has 0 saturated heterocycles. The van der Waals surface area contributed by atoms with Gasteiger partial charge in [-0.3, -0.25) is 37.5 Å². The number of nitrogens with one attached hydrogen (secondary N) is 1. The number of hydrogen-bond donors (Lipinski definition) is 5. The maximum absolute atomic E-state index is 12.8. The Kier molecular flexibility index (Phi) is 20.2. The van der Waals surface area contributed by atoms with Gasteiger partial charge in [-0.05, 0) is 141 Å². The molecule has 3 amide bonds. The number of ether oxygens (including phenoxy) is 1. The van der Waals surface area contributed by atoms with Gasteiger partial charge in [-0.1, -0.05) is 56.7 Å². The zero-order valence-electron chi connectivity index (χ0n) is 48.5. The van der Waals surface area contributed by atoms with Gasteiger partial charge in [0.2, 0.25) is 11.6 Å². The van der Waals surface area contributed by atoms with Crippen molar-refractivity contribution in [2.75, 3.05) is 66.3 Å². The summed E-state index contributed by atoms with van der Waals surface area (Å²) in [5.74, 6) is -1.79. The van der Waals surface area contributed by atoms with Crippen LogP contribution in [0.4, 0.5) is 17.1 Å². The molecule has 0 spiro atoms. The second-order valence-corrected chi connectivity index (χ2v) is 29.0. The first kappa shape index (κ1) is 65.1. The van der Waals surface area contributed by atoms with Crippen molar-refractivity contribution in [1.29, 1.82) is 0 Å². The van der Waals surface area contributed by atoms with Crippen molar-refractivity contribution in [3.05, 3.63) is 149 Å². The topological polar surface area (TPSA) is 303 Å². The summed E-state index contributed by atoms with van der Waals surface area (Å²) in [5, 5.41) is 5.02. The lowest BCUT2D eigenvalue weighted by Gasteiger charge is -2.28. The van der Waals surface area contributed by atoms with Gasteiger partial charge in [-0.2, -0.15) is 38.2 Å². The molecule has 0 fully saturated rings. The molecule has 4 aromatic rings. The van der Waals surface area contributed by atoms with Crippen molar-refractivity contribution < 1.29 is 75.6 Å². The number of fused-ring (bicyclic) bond motifs is 4. The fourth-order valence-electron chi connectivity index (χ4n) is 11.8. The van der Waals surface area contributed by atoms with Crippen LogP contribution in [0.3, 0.4) is 0 Å². The minimum atomic E-state index is -4.53. The number of imide groups is 1. The Morgan fingerprint density at radius 1 is 0.698 bits per heavy atom. The second kappa shape index (κ2) is 26.6. The Bertz CT molecular complexity index is 3900. The minimum Gasteiger partial charge on any atom is -0.457 e. The molecule has 3 aliphatic heterocycles. The van der Waals surface area contributed by atoms with E-state index in [1.54, 1.807) is 11.0 Å². The molecule has 0 aromatic heterocycles. The van der Waals surface area contributed by atoms with Crippen LogP contribution in [-0.4, -0.2) is 141 Å². The Hall–Kier alpha value is -6.84. The van der Waals surface area contributed by atoms with E-state index in [9.17, 15) is 66.3 Å². The van der Waals surface area contributed by atoms with Gasteiger partial charge in [0.25, 0.3) is 52.3 Å². The number of benzene rings is 4. The Balaban J connectivity index is 1.15.